The minimum Gasteiger partial charge on any atom is -0.235 e. The molecule has 0 saturated heterocycles. The van der Waals surface area contributed by atoms with Gasteiger partial charge in [-0.15, -0.1) is 0 Å². The van der Waals surface area contributed by atoms with E-state index in [9.17, 15) is 8.78 Å². The minimum atomic E-state index is -2.02. The van der Waals surface area contributed by atoms with Gasteiger partial charge in [0, 0.05) is 0 Å². The first kappa shape index (κ1) is 11.3. The average molecular weight is 174 g/mol. The van der Waals surface area contributed by atoms with Crippen molar-refractivity contribution in [2.45, 2.75) is 38.5 Å². The van der Waals surface area contributed by atoms with Crippen LogP contribution in [0.2, 0.25) is 0 Å². The van der Waals surface area contributed by atoms with E-state index < -0.39 is 11.3 Å². The fourth-order valence-corrected chi connectivity index (χ4v) is 1.02. The number of rotatable bonds is 4. The fraction of sp³-hybridized carbons (Fsp3) is 0.600. The molecule has 12 heavy (non-hydrogen) atoms. The lowest BCUT2D eigenvalue weighted by Gasteiger charge is -2.34. The van der Waals surface area contributed by atoms with Crippen LogP contribution in [0.4, 0.5) is 8.78 Å². The van der Waals surface area contributed by atoms with Gasteiger partial charge in [-0.2, -0.15) is 0 Å². The second-order valence-corrected chi connectivity index (χ2v) is 3.20. The molecule has 0 aromatic rings. The molecule has 0 aliphatic rings. The van der Waals surface area contributed by atoms with Gasteiger partial charge in [0.15, 0.2) is 11.3 Å². The Morgan fingerprint density at radius 3 is 2.00 bits per heavy atom. The zero-order valence-corrected chi connectivity index (χ0v) is 7.95. The van der Waals surface area contributed by atoms with Crippen LogP contribution >= 0.6 is 0 Å². The normalized spacial score (nSPS) is 20.8. The van der Waals surface area contributed by atoms with Crippen molar-refractivity contribution in [3.05, 3.63) is 24.8 Å². The molecule has 0 aliphatic carbocycles. The highest BCUT2D eigenvalue weighted by atomic mass is 19.2. The Morgan fingerprint density at radius 1 is 1.50 bits per heavy atom. The van der Waals surface area contributed by atoms with Gasteiger partial charge in [0.2, 0.25) is 0 Å². The maximum Gasteiger partial charge on any atom is 0.166 e. The van der Waals surface area contributed by atoms with Crippen molar-refractivity contribution in [3.8, 4) is 0 Å². The molecule has 0 heterocycles. The van der Waals surface area contributed by atoms with Gasteiger partial charge in [-0.3, -0.25) is 0 Å². The molecule has 0 aliphatic heterocycles. The first-order valence-electron chi connectivity index (χ1n) is 3.99. The molecule has 2 unspecified atom stereocenters. The predicted molar refractivity (Wildman–Crippen MR) is 48.7 cm³/mol. The number of allylic oxidation sites excluding steroid dienone is 2. The van der Waals surface area contributed by atoms with Crippen LogP contribution in [0.25, 0.3) is 0 Å². The molecule has 0 amide bonds. The number of halogens is 2. The summed E-state index contributed by atoms with van der Waals surface area (Å²) in [7, 11) is 0. The molecule has 2 heteroatoms. The van der Waals surface area contributed by atoms with E-state index in [1.807, 2.05) is 0 Å². The van der Waals surface area contributed by atoms with Gasteiger partial charge in [0.25, 0.3) is 0 Å². The molecule has 0 spiro atoms. The van der Waals surface area contributed by atoms with E-state index in [2.05, 4.69) is 13.2 Å². The maximum atomic E-state index is 13.7. The van der Waals surface area contributed by atoms with Crippen molar-refractivity contribution in [1.29, 1.82) is 0 Å². The quantitative estimate of drug-likeness (QED) is 0.571. The van der Waals surface area contributed by atoms with Crippen molar-refractivity contribution >= 4 is 0 Å². The van der Waals surface area contributed by atoms with E-state index in [0.29, 0.717) is 0 Å². The van der Waals surface area contributed by atoms with Gasteiger partial charge in [-0.25, -0.2) is 8.78 Å². The standard InChI is InChI=1S/C10H16F2/c1-6-10(12,7-2)9(5,11)8(3)4/h6H,1,3,7H2,2,4-5H3. The lowest BCUT2D eigenvalue weighted by Crippen LogP contribution is -2.43. The third-order valence-corrected chi connectivity index (χ3v) is 2.42. The van der Waals surface area contributed by atoms with E-state index in [-0.39, 0.29) is 12.0 Å². The molecule has 0 aromatic heterocycles. The van der Waals surface area contributed by atoms with Crippen LogP contribution in [-0.2, 0) is 0 Å². The van der Waals surface area contributed by atoms with Crippen molar-refractivity contribution in [2.75, 3.05) is 0 Å². The van der Waals surface area contributed by atoms with Gasteiger partial charge in [0.05, 0.1) is 0 Å². The van der Waals surface area contributed by atoms with Crippen molar-refractivity contribution in [1.82, 2.24) is 0 Å². The highest BCUT2D eigenvalue weighted by Crippen LogP contribution is 2.39. The van der Waals surface area contributed by atoms with Crippen LogP contribution in [0.1, 0.15) is 27.2 Å². The van der Waals surface area contributed by atoms with Crippen LogP contribution in [0.15, 0.2) is 24.8 Å². The minimum absolute atomic E-state index is 0.0658. The summed E-state index contributed by atoms with van der Waals surface area (Å²) in [4.78, 5) is 0. The summed E-state index contributed by atoms with van der Waals surface area (Å²) in [5.41, 5.74) is -3.84. The monoisotopic (exact) mass is 174 g/mol. The Morgan fingerprint density at radius 2 is 1.92 bits per heavy atom. The molecule has 0 rings (SSSR count). The van der Waals surface area contributed by atoms with Crippen LogP contribution in [0.3, 0.4) is 0 Å². The zero-order chi connectivity index (χ0) is 9.99. The smallest absolute Gasteiger partial charge is 0.166 e. The van der Waals surface area contributed by atoms with Crippen molar-refractivity contribution < 1.29 is 8.78 Å². The molecule has 0 fully saturated rings. The Balaban J connectivity index is 4.96. The Labute approximate surface area is 73.0 Å². The van der Waals surface area contributed by atoms with E-state index in [4.69, 9.17) is 0 Å². The fourth-order valence-electron chi connectivity index (χ4n) is 1.02. The zero-order valence-electron chi connectivity index (χ0n) is 7.95. The summed E-state index contributed by atoms with van der Waals surface area (Å²) < 4.78 is 27.4. The lowest BCUT2D eigenvalue weighted by molar-refractivity contribution is 0.0353. The largest absolute Gasteiger partial charge is 0.235 e. The number of alkyl halides is 2. The average Bonchev–Trinajstić information content (AvgIpc) is 2.02. The second kappa shape index (κ2) is 3.38. The highest BCUT2D eigenvalue weighted by molar-refractivity contribution is 5.22. The summed E-state index contributed by atoms with van der Waals surface area (Å²) in [5.74, 6) is 0. The van der Waals surface area contributed by atoms with Gasteiger partial charge in [0.1, 0.15) is 0 Å². The van der Waals surface area contributed by atoms with E-state index in [1.54, 1.807) is 6.92 Å². The summed E-state index contributed by atoms with van der Waals surface area (Å²) in [6.07, 6.45) is 1.08. The Kier molecular flexibility index (Phi) is 3.19. The van der Waals surface area contributed by atoms with E-state index in [0.717, 1.165) is 6.08 Å². The molecule has 2 atom stereocenters. The second-order valence-electron chi connectivity index (χ2n) is 3.20. The van der Waals surface area contributed by atoms with E-state index >= 15 is 0 Å². The molecule has 0 nitrogen and oxygen atoms in total. The van der Waals surface area contributed by atoms with Gasteiger partial charge < -0.3 is 0 Å². The van der Waals surface area contributed by atoms with Gasteiger partial charge in [-0.1, -0.05) is 26.2 Å². The first-order valence-corrected chi connectivity index (χ1v) is 3.99. The molecule has 0 N–H and O–H groups in total. The Bertz CT molecular complexity index is 191. The molecular weight excluding hydrogens is 158 g/mol. The van der Waals surface area contributed by atoms with Gasteiger partial charge >= 0.3 is 0 Å². The van der Waals surface area contributed by atoms with Crippen LogP contribution in [0.5, 0.6) is 0 Å². The maximum absolute atomic E-state index is 13.7. The van der Waals surface area contributed by atoms with Crippen LogP contribution < -0.4 is 0 Å². The highest BCUT2D eigenvalue weighted by Gasteiger charge is 2.46. The van der Waals surface area contributed by atoms with Crippen molar-refractivity contribution in [3.63, 3.8) is 0 Å². The number of hydrogen-bond donors (Lipinski definition) is 0. The molecule has 0 aromatic carbocycles. The molecule has 70 valence electrons. The van der Waals surface area contributed by atoms with E-state index in [1.165, 1.54) is 13.8 Å². The summed E-state index contributed by atoms with van der Waals surface area (Å²) in [5, 5.41) is 0. The summed E-state index contributed by atoms with van der Waals surface area (Å²) in [6, 6.07) is 0. The lowest BCUT2D eigenvalue weighted by atomic mass is 9.81. The summed E-state index contributed by atoms with van der Waals surface area (Å²) in [6.45, 7) is 11.0. The predicted octanol–water partition coefficient (Wildman–Crippen LogP) is 3.60. The van der Waals surface area contributed by atoms with Crippen LogP contribution in [0, 0.1) is 0 Å². The Hall–Kier alpha value is -0.660. The SMILES string of the molecule is C=CC(F)(CC)C(C)(F)C(=C)C. The topological polar surface area (TPSA) is 0 Å². The first-order chi connectivity index (χ1) is 5.31. The summed E-state index contributed by atoms with van der Waals surface area (Å²) >= 11 is 0. The molecular formula is C10H16F2. The van der Waals surface area contributed by atoms with Crippen LogP contribution in [-0.4, -0.2) is 11.3 Å². The number of hydrogen-bond acceptors (Lipinski definition) is 0. The molecule has 0 saturated carbocycles. The third-order valence-electron chi connectivity index (χ3n) is 2.42. The van der Waals surface area contributed by atoms with Gasteiger partial charge in [-0.05, 0) is 25.8 Å². The molecule has 0 radical (unpaired) electrons. The molecule has 0 bridgehead atoms. The third kappa shape index (κ3) is 1.57. The van der Waals surface area contributed by atoms with Crippen molar-refractivity contribution in [2.24, 2.45) is 0 Å².